The van der Waals surface area contributed by atoms with Crippen molar-refractivity contribution in [3.8, 4) is 5.69 Å². The van der Waals surface area contributed by atoms with Crippen molar-refractivity contribution >= 4 is 11.6 Å². The first kappa shape index (κ1) is 11.2. The van der Waals surface area contributed by atoms with Gasteiger partial charge in [-0.3, -0.25) is 0 Å². The van der Waals surface area contributed by atoms with E-state index in [-0.39, 0.29) is 5.38 Å². The second kappa shape index (κ2) is 4.71. The molecule has 0 saturated carbocycles. The molecule has 0 aliphatic heterocycles. The van der Waals surface area contributed by atoms with E-state index in [4.69, 9.17) is 11.6 Å². The molecule has 1 heterocycles. The van der Waals surface area contributed by atoms with Crippen LogP contribution >= 0.6 is 11.6 Å². The quantitative estimate of drug-likeness (QED) is 0.739. The molecule has 0 spiro atoms. The lowest BCUT2D eigenvalue weighted by Crippen LogP contribution is -1.98. The standard InChI is InChI=1S/C13H15ClN2/c1-10(2)13(14)11-8-15-16(9-11)12-6-4-3-5-7-12/h3-10,13H,1-2H3. The van der Waals surface area contributed by atoms with E-state index < -0.39 is 0 Å². The van der Waals surface area contributed by atoms with E-state index in [9.17, 15) is 0 Å². The van der Waals surface area contributed by atoms with Crippen LogP contribution in [0.5, 0.6) is 0 Å². The maximum Gasteiger partial charge on any atom is 0.0645 e. The molecule has 84 valence electrons. The van der Waals surface area contributed by atoms with Gasteiger partial charge >= 0.3 is 0 Å². The van der Waals surface area contributed by atoms with Gasteiger partial charge < -0.3 is 0 Å². The van der Waals surface area contributed by atoms with Crippen molar-refractivity contribution in [1.82, 2.24) is 9.78 Å². The molecule has 2 aromatic rings. The number of rotatable bonds is 3. The molecule has 0 bridgehead atoms. The summed E-state index contributed by atoms with van der Waals surface area (Å²) < 4.78 is 1.85. The highest BCUT2D eigenvalue weighted by Crippen LogP contribution is 2.28. The fourth-order valence-corrected chi connectivity index (χ4v) is 1.70. The number of hydrogen-bond donors (Lipinski definition) is 0. The third-order valence-electron chi connectivity index (χ3n) is 2.53. The summed E-state index contributed by atoms with van der Waals surface area (Å²) in [7, 11) is 0. The van der Waals surface area contributed by atoms with Gasteiger partial charge in [0, 0.05) is 11.8 Å². The fourth-order valence-electron chi connectivity index (χ4n) is 1.59. The van der Waals surface area contributed by atoms with Gasteiger partial charge in [-0.1, -0.05) is 32.0 Å². The lowest BCUT2D eigenvalue weighted by molar-refractivity contribution is 0.624. The summed E-state index contributed by atoms with van der Waals surface area (Å²) in [6.07, 6.45) is 3.83. The van der Waals surface area contributed by atoms with Crippen LogP contribution in [0.1, 0.15) is 24.8 Å². The summed E-state index contributed by atoms with van der Waals surface area (Å²) in [4.78, 5) is 0. The van der Waals surface area contributed by atoms with Gasteiger partial charge in [0.25, 0.3) is 0 Å². The molecule has 1 aromatic heterocycles. The summed E-state index contributed by atoms with van der Waals surface area (Å²) in [5, 5.41) is 4.35. The molecule has 1 aromatic carbocycles. The van der Waals surface area contributed by atoms with Crippen molar-refractivity contribution in [2.45, 2.75) is 19.2 Å². The first-order valence-corrected chi connectivity index (χ1v) is 5.86. The van der Waals surface area contributed by atoms with Crippen LogP contribution in [0.25, 0.3) is 5.69 Å². The van der Waals surface area contributed by atoms with Gasteiger partial charge in [0.2, 0.25) is 0 Å². The molecule has 0 aliphatic carbocycles. The first-order valence-electron chi connectivity index (χ1n) is 5.42. The maximum absolute atomic E-state index is 6.29. The minimum atomic E-state index is 0.0254. The molecule has 0 N–H and O–H groups in total. The van der Waals surface area contributed by atoms with Gasteiger partial charge in [-0.2, -0.15) is 5.10 Å². The monoisotopic (exact) mass is 234 g/mol. The number of benzene rings is 1. The highest BCUT2D eigenvalue weighted by atomic mass is 35.5. The molecule has 0 radical (unpaired) electrons. The van der Waals surface area contributed by atoms with E-state index in [2.05, 4.69) is 18.9 Å². The number of nitrogens with zero attached hydrogens (tertiary/aromatic N) is 2. The van der Waals surface area contributed by atoms with Crippen LogP contribution in [0.4, 0.5) is 0 Å². The van der Waals surface area contributed by atoms with Crippen LogP contribution in [0.3, 0.4) is 0 Å². The maximum atomic E-state index is 6.29. The predicted molar refractivity (Wildman–Crippen MR) is 67.0 cm³/mol. The Kier molecular flexibility index (Phi) is 3.30. The number of alkyl halides is 1. The summed E-state index contributed by atoms with van der Waals surface area (Å²) in [5.74, 6) is 0.412. The number of aromatic nitrogens is 2. The molecule has 0 aliphatic rings. The normalized spacial score (nSPS) is 13.0. The van der Waals surface area contributed by atoms with Crippen LogP contribution < -0.4 is 0 Å². The van der Waals surface area contributed by atoms with Gasteiger partial charge in [-0.25, -0.2) is 4.68 Å². The summed E-state index contributed by atoms with van der Waals surface area (Å²) >= 11 is 6.29. The van der Waals surface area contributed by atoms with E-state index in [0.29, 0.717) is 5.92 Å². The van der Waals surface area contributed by atoms with E-state index >= 15 is 0 Å². The summed E-state index contributed by atoms with van der Waals surface area (Å²) in [6.45, 7) is 4.22. The average Bonchev–Trinajstić information content (AvgIpc) is 2.78. The SMILES string of the molecule is CC(C)C(Cl)c1cnn(-c2ccccc2)c1. The zero-order valence-electron chi connectivity index (χ0n) is 9.47. The number of para-hydroxylation sites is 1. The average molecular weight is 235 g/mol. The van der Waals surface area contributed by atoms with Gasteiger partial charge in [-0.15, -0.1) is 11.6 Å². The van der Waals surface area contributed by atoms with E-state index in [1.54, 1.807) is 0 Å². The summed E-state index contributed by atoms with van der Waals surface area (Å²) in [5.41, 5.74) is 2.13. The fraction of sp³-hybridized carbons (Fsp3) is 0.308. The minimum Gasteiger partial charge on any atom is -0.241 e. The Morgan fingerprint density at radius 2 is 1.88 bits per heavy atom. The molecule has 3 heteroatoms. The Balaban J connectivity index is 2.27. The molecular formula is C13H15ClN2. The van der Waals surface area contributed by atoms with E-state index in [1.807, 2.05) is 47.4 Å². The Bertz CT molecular complexity index is 448. The van der Waals surface area contributed by atoms with E-state index in [0.717, 1.165) is 11.3 Å². The van der Waals surface area contributed by atoms with Gasteiger partial charge in [0.1, 0.15) is 0 Å². The second-order valence-corrected chi connectivity index (χ2v) is 4.67. The number of hydrogen-bond acceptors (Lipinski definition) is 1. The molecular weight excluding hydrogens is 220 g/mol. The Morgan fingerprint density at radius 1 is 1.19 bits per heavy atom. The molecule has 0 saturated heterocycles. The molecule has 2 rings (SSSR count). The van der Waals surface area contributed by atoms with Crippen molar-refractivity contribution in [2.24, 2.45) is 5.92 Å². The second-order valence-electron chi connectivity index (χ2n) is 4.20. The lowest BCUT2D eigenvalue weighted by atomic mass is 10.1. The van der Waals surface area contributed by atoms with Crippen LogP contribution in [0.2, 0.25) is 0 Å². The Morgan fingerprint density at radius 3 is 2.50 bits per heavy atom. The predicted octanol–water partition coefficient (Wildman–Crippen LogP) is 3.81. The number of halogens is 1. The van der Waals surface area contributed by atoms with E-state index in [1.165, 1.54) is 0 Å². The van der Waals surface area contributed by atoms with Crippen molar-refractivity contribution in [3.63, 3.8) is 0 Å². The highest BCUT2D eigenvalue weighted by molar-refractivity contribution is 6.20. The van der Waals surface area contributed by atoms with Crippen molar-refractivity contribution < 1.29 is 0 Å². The minimum absolute atomic E-state index is 0.0254. The molecule has 2 nitrogen and oxygen atoms in total. The zero-order chi connectivity index (χ0) is 11.5. The van der Waals surface area contributed by atoms with Crippen molar-refractivity contribution in [2.75, 3.05) is 0 Å². The van der Waals surface area contributed by atoms with Crippen LogP contribution in [-0.4, -0.2) is 9.78 Å². The molecule has 1 atom stereocenters. The Labute approximate surface area is 101 Å². The Hall–Kier alpha value is -1.28. The third-order valence-corrected chi connectivity index (χ3v) is 3.28. The van der Waals surface area contributed by atoms with Crippen molar-refractivity contribution in [3.05, 3.63) is 48.3 Å². The van der Waals surface area contributed by atoms with Crippen LogP contribution in [0.15, 0.2) is 42.7 Å². The third kappa shape index (κ3) is 2.27. The van der Waals surface area contributed by atoms with Gasteiger partial charge in [0.15, 0.2) is 0 Å². The molecule has 16 heavy (non-hydrogen) atoms. The molecule has 0 fully saturated rings. The topological polar surface area (TPSA) is 17.8 Å². The van der Waals surface area contributed by atoms with Gasteiger partial charge in [-0.05, 0) is 18.1 Å². The lowest BCUT2D eigenvalue weighted by Gasteiger charge is -2.10. The highest BCUT2D eigenvalue weighted by Gasteiger charge is 2.14. The molecule has 0 amide bonds. The summed E-state index contributed by atoms with van der Waals surface area (Å²) in [6, 6.07) is 10.0. The van der Waals surface area contributed by atoms with Crippen LogP contribution in [-0.2, 0) is 0 Å². The molecule has 1 unspecified atom stereocenters. The van der Waals surface area contributed by atoms with Crippen LogP contribution in [0, 0.1) is 5.92 Å². The van der Waals surface area contributed by atoms with Crippen molar-refractivity contribution in [1.29, 1.82) is 0 Å². The smallest absolute Gasteiger partial charge is 0.0645 e. The largest absolute Gasteiger partial charge is 0.241 e. The van der Waals surface area contributed by atoms with Gasteiger partial charge in [0.05, 0.1) is 17.3 Å². The first-order chi connectivity index (χ1) is 7.68. The zero-order valence-corrected chi connectivity index (χ0v) is 10.2.